The van der Waals surface area contributed by atoms with Gasteiger partial charge in [-0.2, -0.15) is 13.2 Å². The van der Waals surface area contributed by atoms with Gasteiger partial charge in [-0.15, -0.1) is 0 Å². The largest absolute Gasteiger partial charge is 0.497 e. The fourth-order valence-corrected chi connectivity index (χ4v) is 7.26. The second-order valence-electron chi connectivity index (χ2n) is 12.6. The first-order valence-corrected chi connectivity index (χ1v) is 15.8. The number of fused-ring (bicyclic) bond motifs is 8. The van der Waals surface area contributed by atoms with Gasteiger partial charge in [0.25, 0.3) is 0 Å². The maximum atomic E-state index is 14.0. The molecule has 49 heavy (non-hydrogen) atoms. The van der Waals surface area contributed by atoms with Gasteiger partial charge in [0.1, 0.15) is 23.9 Å². The van der Waals surface area contributed by atoms with Crippen LogP contribution in [-0.4, -0.2) is 39.6 Å². The van der Waals surface area contributed by atoms with Crippen molar-refractivity contribution in [1.82, 2.24) is 0 Å². The SMILES string of the molecule is COc1ccc(C2(c3ccc(OCCO)cc3)C=Cc3c4c(c5cc(OC)c(OC)cc5c3O2)-c2ccc(C(F)(F)F)cc2C4(C)C)cc1. The Morgan fingerprint density at radius 2 is 1.37 bits per heavy atom. The van der Waals surface area contributed by atoms with E-state index in [0.29, 0.717) is 34.3 Å². The minimum atomic E-state index is -4.49. The summed E-state index contributed by atoms with van der Waals surface area (Å²) in [6.07, 6.45) is -0.474. The molecule has 0 spiro atoms. The molecule has 0 amide bonds. The molecule has 1 unspecified atom stereocenters. The van der Waals surface area contributed by atoms with E-state index >= 15 is 0 Å². The molecule has 5 aromatic rings. The third-order valence-corrected chi connectivity index (χ3v) is 9.63. The number of benzene rings is 5. The van der Waals surface area contributed by atoms with Gasteiger partial charge in [0.15, 0.2) is 17.1 Å². The van der Waals surface area contributed by atoms with E-state index in [9.17, 15) is 18.3 Å². The van der Waals surface area contributed by atoms with Crippen LogP contribution in [0.5, 0.6) is 28.7 Å². The van der Waals surface area contributed by atoms with Crippen molar-refractivity contribution in [2.45, 2.75) is 31.0 Å². The number of aliphatic hydroxyl groups excluding tert-OH is 1. The quantitative estimate of drug-likeness (QED) is 0.178. The van der Waals surface area contributed by atoms with Crippen LogP contribution in [0, 0.1) is 0 Å². The minimum Gasteiger partial charge on any atom is -0.497 e. The molecule has 252 valence electrons. The monoisotopic (exact) mass is 668 g/mol. The van der Waals surface area contributed by atoms with Gasteiger partial charge in [-0.1, -0.05) is 50.3 Å². The van der Waals surface area contributed by atoms with Crippen LogP contribution in [0.2, 0.25) is 0 Å². The Bertz CT molecular complexity index is 2100. The molecular formula is C40H35F3O6. The van der Waals surface area contributed by atoms with Crippen LogP contribution in [0.15, 0.2) is 84.9 Å². The maximum Gasteiger partial charge on any atom is 0.416 e. The summed E-state index contributed by atoms with van der Waals surface area (Å²) in [4.78, 5) is 0. The molecule has 9 heteroatoms. The van der Waals surface area contributed by atoms with E-state index in [1.165, 1.54) is 6.07 Å². The van der Waals surface area contributed by atoms with Crippen molar-refractivity contribution in [3.05, 3.63) is 118 Å². The zero-order chi connectivity index (χ0) is 34.7. The molecule has 0 bridgehead atoms. The van der Waals surface area contributed by atoms with Crippen LogP contribution >= 0.6 is 0 Å². The molecule has 1 heterocycles. The zero-order valence-corrected chi connectivity index (χ0v) is 27.7. The van der Waals surface area contributed by atoms with Crippen molar-refractivity contribution in [3.8, 4) is 39.9 Å². The van der Waals surface area contributed by atoms with E-state index in [2.05, 4.69) is 0 Å². The Kier molecular flexibility index (Phi) is 7.78. The number of aliphatic hydroxyl groups is 1. The van der Waals surface area contributed by atoms with E-state index in [1.54, 1.807) is 27.4 Å². The zero-order valence-electron chi connectivity index (χ0n) is 27.7. The predicted octanol–water partition coefficient (Wildman–Crippen LogP) is 8.91. The second kappa shape index (κ2) is 11.8. The average Bonchev–Trinajstić information content (AvgIpc) is 3.36. The Balaban J connectivity index is 1.52. The molecule has 1 N–H and O–H groups in total. The summed E-state index contributed by atoms with van der Waals surface area (Å²) in [7, 11) is 4.72. The standard InChI is InChI=1S/C40H35F3O6/c1-38(2)32-20-25(40(41,42)43)10-15-28(32)35-30-21-33(46-4)34(47-5)22-31(30)37-29(36(35)38)16-17-39(49-37,23-6-11-26(45-3)12-7-23)24-8-13-27(14-9-24)48-19-18-44/h6-17,20-22,44H,18-19H2,1-5H3. The number of ether oxygens (including phenoxy) is 5. The Morgan fingerprint density at radius 3 is 1.94 bits per heavy atom. The van der Waals surface area contributed by atoms with Crippen LogP contribution in [0.25, 0.3) is 28.0 Å². The minimum absolute atomic E-state index is 0.108. The molecule has 1 aliphatic heterocycles. The Labute approximate surface area is 282 Å². The Hall–Kier alpha value is -5.15. The molecule has 1 aliphatic carbocycles. The van der Waals surface area contributed by atoms with Crippen molar-refractivity contribution in [2.24, 2.45) is 0 Å². The van der Waals surface area contributed by atoms with Gasteiger partial charge in [0.2, 0.25) is 0 Å². The van der Waals surface area contributed by atoms with Gasteiger partial charge in [-0.05, 0) is 82.2 Å². The van der Waals surface area contributed by atoms with Gasteiger partial charge >= 0.3 is 6.18 Å². The van der Waals surface area contributed by atoms with E-state index in [-0.39, 0.29) is 13.2 Å². The third-order valence-electron chi connectivity index (χ3n) is 9.63. The maximum absolute atomic E-state index is 14.0. The Morgan fingerprint density at radius 1 is 0.755 bits per heavy atom. The molecule has 7 rings (SSSR count). The smallest absolute Gasteiger partial charge is 0.416 e. The van der Waals surface area contributed by atoms with E-state index in [0.717, 1.165) is 50.2 Å². The van der Waals surface area contributed by atoms with Crippen LogP contribution in [-0.2, 0) is 17.2 Å². The highest BCUT2D eigenvalue weighted by atomic mass is 19.4. The molecule has 0 fully saturated rings. The summed E-state index contributed by atoms with van der Waals surface area (Å²) >= 11 is 0. The summed E-state index contributed by atoms with van der Waals surface area (Å²) in [6.45, 7) is 3.96. The topological polar surface area (TPSA) is 66.4 Å². The lowest BCUT2D eigenvalue weighted by Crippen LogP contribution is -2.35. The van der Waals surface area contributed by atoms with Crippen LogP contribution < -0.4 is 23.7 Å². The predicted molar refractivity (Wildman–Crippen MR) is 182 cm³/mol. The molecule has 0 aromatic heterocycles. The average molecular weight is 669 g/mol. The third kappa shape index (κ3) is 5.06. The van der Waals surface area contributed by atoms with Gasteiger partial charge in [0.05, 0.1) is 33.5 Å². The van der Waals surface area contributed by atoms with E-state index < -0.39 is 22.8 Å². The van der Waals surface area contributed by atoms with Gasteiger partial charge < -0.3 is 28.8 Å². The molecular weight excluding hydrogens is 633 g/mol. The van der Waals surface area contributed by atoms with Crippen molar-refractivity contribution in [2.75, 3.05) is 34.5 Å². The second-order valence-corrected chi connectivity index (χ2v) is 12.6. The molecule has 6 nitrogen and oxygen atoms in total. The van der Waals surface area contributed by atoms with Gasteiger partial charge in [-0.3, -0.25) is 0 Å². The fraction of sp³-hybridized carbons (Fsp3) is 0.250. The lowest BCUT2D eigenvalue weighted by atomic mass is 9.76. The molecule has 0 radical (unpaired) electrons. The summed E-state index contributed by atoms with van der Waals surface area (Å²) in [5.74, 6) is 2.82. The number of halogens is 3. The van der Waals surface area contributed by atoms with Crippen molar-refractivity contribution >= 4 is 16.8 Å². The number of alkyl halides is 3. The van der Waals surface area contributed by atoms with Crippen LogP contribution in [0.3, 0.4) is 0 Å². The summed E-state index contributed by atoms with van der Waals surface area (Å²) in [5, 5.41) is 10.7. The molecule has 1 atom stereocenters. The van der Waals surface area contributed by atoms with E-state index in [1.807, 2.05) is 86.7 Å². The van der Waals surface area contributed by atoms with Crippen LogP contribution in [0.1, 0.15) is 47.2 Å². The highest BCUT2D eigenvalue weighted by Crippen LogP contribution is 2.59. The molecule has 2 aliphatic rings. The van der Waals surface area contributed by atoms with Gasteiger partial charge in [-0.25, -0.2) is 0 Å². The van der Waals surface area contributed by atoms with Gasteiger partial charge in [0, 0.05) is 27.5 Å². The molecule has 5 aromatic carbocycles. The number of hydrogen-bond donors (Lipinski definition) is 1. The molecule has 0 saturated carbocycles. The first kappa shape index (κ1) is 32.4. The lowest BCUT2D eigenvalue weighted by molar-refractivity contribution is -0.137. The lowest BCUT2D eigenvalue weighted by Gasteiger charge is -2.38. The normalized spacial score (nSPS) is 17.2. The summed E-state index contributed by atoms with van der Waals surface area (Å²) in [5.41, 5.74) is 2.79. The number of methoxy groups -OCH3 is 3. The molecule has 0 saturated heterocycles. The van der Waals surface area contributed by atoms with Crippen molar-refractivity contribution < 1.29 is 42.0 Å². The van der Waals surface area contributed by atoms with E-state index in [4.69, 9.17) is 23.7 Å². The number of hydrogen-bond acceptors (Lipinski definition) is 6. The van der Waals surface area contributed by atoms with Crippen molar-refractivity contribution in [3.63, 3.8) is 0 Å². The highest BCUT2D eigenvalue weighted by Gasteiger charge is 2.45. The highest BCUT2D eigenvalue weighted by molar-refractivity contribution is 6.09. The van der Waals surface area contributed by atoms with Crippen molar-refractivity contribution in [1.29, 1.82) is 0 Å². The first-order valence-electron chi connectivity index (χ1n) is 15.8. The van der Waals surface area contributed by atoms with Crippen LogP contribution in [0.4, 0.5) is 13.2 Å². The summed E-state index contributed by atoms with van der Waals surface area (Å²) in [6, 6.07) is 22.9. The summed E-state index contributed by atoms with van der Waals surface area (Å²) < 4.78 is 71.8. The number of rotatable bonds is 8. The first-order chi connectivity index (χ1) is 23.5. The fourth-order valence-electron chi connectivity index (χ4n) is 7.26.